The Kier molecular flexibility index (Phi) is 3.85. The number of ketones is 1. The van der Waals surface area contributed by atoms with Gasteiger partial charge in [0.2, 0.25) is 11.7 Å². The van der Waals surface area contributed by atoms with Crippen LogP contribution >= 0.6 is 0 Å². The van der Waals surface area contributed by atoms with Crippen LogP contribution in [0.3, 0.4) is 0 Å². The van der Waals surface area contributed by atoms with E-state index in [4.69, 9.17) is 4.74 Å². The number of ether oxygens (including phenoxy) is 1. The zero-order valence-corrected chi connectivity index (χ0v) is 9.98. The number of hydrogen-bond acceptors (Lipinski definition) is 4. The van der Waals surface area contributed by atoms with E-state index >= 15 is 0 Å². The van der Waals surface area contributed by atoms with Crippen molar-refractivity contribution in [1.82, 2.24) is 9.97 Å². The zero-order valence-electron chi connectivity index (χ0n) is 9.98. The molecule has 17 heavy (non-hydrogen) atoms. The Labute approximate surface area is 101 Å². The summed E-state index contributed by atoms with van der Waals surface area (Å²) in [7, 11) is 1.49. The summed E-state index contributed by atoms with van der Waals surface area (Å²) in [6, 6.07) is 0. The maximum Gasteiger partial charge on any atom is 0.243 e. The Morgan fingerprint density at radius 1 is 1.24 bits per heavy atom. The minimum atomic E-state index is -0.105. The van der Waals surface area contributed by atoms with Crippen molar-refractivity contribution in [3.8, 4) is 5.88 Å². The molecule has 1 aliphatic rings. The van der Waals surface area contributed by atoms with Gasteiger partial charge in [0.05, 0.1) is 7.11 Å². The van der Waals surface area contributed by atoms with E-state index in [9.17, 15) is 4.79 Å². The molecule has 0 radical (unpaired) electrons. The molecule has 1 aliphatic carbocycles. The summed E-state index contributed by atoms with van der Waals surface area (Å²) in [6.07, 6.45) is 10.4. The van der Waals surface area contributed by atoms with Gasteiger partial charge >= 0.3 is 0 Å². The third kappa shape index (κ3) is 2.90. The summed E-state index contributed by atoms with van der Waals surface area (Å²) in [4.78, 5) is 20.0. The lowest BCUT2D eigenvalue weighted by atomic mass is 9.94. The van der Waals surface area contributed by atoms with Crippen LogP contribution in [0.25, 0.3) is 0 Å². The summed E-state index contributed by atoms with van der Waals surface area (Å²) in [5.74, 6) is 0.192. The lowest BCUT2D eigenvalue weighted by Gasteiger charge is -2.12. The Morgan fingerprint density at radius 2 is 1.94 bits per heavy atom. The zero-order chi connectivity index (χ0) is 12.1. The largest absolute Gasteiger partial charge is 0.479 e. The molecule has 0 amide bonds. The van der Waals surface area contributed by atoms with Gasteiger partial charge in [0.1, 0.15) is 0 Å². The molecular formula is C13H16N2O2. The molecule has 4 nitrogen and oxygen atoms in total. The van der Waals surface area contributed by atoms with E-state index in [1.54, 1.807) is 6.08 Å². The maximum atomic E-state index is 12.0. The number of rotatable bonds is 3. The molecule has 0 aliphatic heterocycles. The molecule has 1 fully saturated rings. The third-order valence-corrected chi connectivity index (χ3v) is 2.92. The average Bonchev–Trinajstić information content (AvgIpc) is 2.40. The summed E-state index contributed by atoms with van der Waals surface area (Å²) in [5, 5.41) is 0. The van der Waals surface area contributed by atoms with Gasteiger partial charge in [-0.3, -0.25) is 4.79 Å². The normalized spacial score (nSPS) is 15.5. The Bertz CT molecular complexity index is 433. The SMILES string of the molecule is COc1nccnc1C(=O)C=C1CCCCC1. The molecule has 0 aromatic carbocycles. The van der Waals surface area contributed by atoms with E-state index < -0.39 is 0 Å². The second-order valence-electron chi connectivity index (χ2n) is 4.14. The van der Waals surface area contributed by atoms with Gasteiger partial charge in [-0.15, -0.1) is 0 Å². The van der Waals surface area contributed by atoms with Crippen LogP contribution in [0.5, 0.6) is 5.88 Å². The van der Waals surface area contributed by atoms with Crippen LogP contribution in [0, 0.1) is 0 Å². The molecule has 0 unspecified atom stereocenters. The fraction of sp³-hybridized carbons (Fsp3) is 0.462. The summed E-state index contributed by atoms with van der Waals surface area (Å²) in [5.41, 5.74) is 1.52. The standard InChI is InChI=1S/C13H16N2O2/c1-17-13-12(14-7-8-15-13)11(16)9-10-5-3-2-4-6-10/h7-9H,2-6H2,1H3. The second-order valence-corrected chi connectivity index (χ2v) is 4.14. The van der Waals surface area contributed by atoms with Gasteiger partial charge < -0.3 is 4.74 Å². The molecule has 1 aromatic rings. The molecule has 1 saturated carbocycles. The predicted molar refractivity (Wildman–Crippen MR) is 64.1 cm³/mol. The average molecular weight is 232 g/mol. The van der Waals surface area contributed by atoms with Crippen molar-refractivity contribution in [2.24, 2.45) is 0 Å². The van der Waals surface area contributed by atoms with Crippen LogP contribution in [-0.4, -0.2) is 22.9 Å². The van der Waals surface area contributed by atoms with Crippen molar-refractivity contribution in [3.05, 3.63) is 29.7 Å². The van der Waals surface area contributed by atoms with E-state index in [0.717, 1.165) is 12.8 Å². The smallest absolute Gasteiger partial charge is 0.243 e. The van der Waals surface area contributed by atoms with E-state index in [0.29, 0.717) is 11.6 Å². The molecule has 1 heterocycles. The number of nitrogens with zero attached hydrogens (tertiary/aromatic N) is 2. The molecule has 0 N–H and O–H groups in total. The Balaban J connectivity index is 2.18. The third-order valence-electron chi connectivity index (χ3n) is 2.92. The van der Waals surface area contributed by atoms with Crippen molar-refractivity contribution in [2.45, 2.75) is 32.1 Å². The van der Waals surface area contributed by atoms with Crippen molar-refractivity contribution in [3.63, 3.8) is 0 Å². The summed E-state index contributed by atoms with van der Waals surface area (Å²) >= 11 is 0. The highest BCUT2D eigenvalue weighted by atomic mass is 16.5. The molecule has 90 valence electrons. The summed E-state index contributed by atoms with van der Waals surface area (Å²) in [6.45, 7) is 0. The van der Waals surface area contributed by atoms with Crippen LogP contribution in [0.4, 0.5) is 0 Å². The van der Waals surface area contributed by atoms with Crippen molar-refractivity contribution in [1.29, 1.82) is 0 Å². The highest BCUT2D eigenvalue weighted by molar-refractivity contribution is 6.04. The van der Waals surface area contributed by atoms with Gasteiger partial charge in [-0.25, -0.2) is 9.97 Å². The molecule has 0 atom stereocenters. The van der Waals surface area contributed by atoms with Gasteiger partial charge in [0.15, 0.2) is 5.69 Å². The quantitative estimate of drug-likeness (QED) is 0.593. The number of carbonyl (C=O) groups excluding carboxylic acids is 1. The number of hydrogen-bond donors (Lipinski definition) is 0. The van der Waals surface area contributed by atoms with Gasteiger partial charge in [0.25, 0.3) is 0 Å². The first-order chi connectivity index (χ1) is 8.31. The fourth-order valence-corrected chi connectivity index (χ4v) is 2.05. The first-order valence-corrected chi connectivity index (χ1v) is 5.90. The minimum absolute atomic E-state index is 0.105. The number of allylic oxidation sites excluding steroid dienone is 2. The van der Waals surface area contributed by atoms with Gasteiger partial charge in [-0.05, 0) is 31.8 Å². The minimum Gasteiger partial charge on any atom is -0.479 e. The highest BCUT2D eigenvalue weighted by Gasteiger charge is 2.14. The number of carbonyl (C=O) groups is 1. The molecular weight excluding hydrogens is 216 g/mol. The fourth-order valence-electron chi connectivity index (χ4n) is 2.05. The molecule has 0 saturated heterocycles. The molecule has 0 bridgehead atoms. The van der Waals surface area contributed by atoms with E-state index in [2.05, 4.69) is 9.97 Å². The molecule has 4 heteroatoms. The summed E-state index contributed by atoms with van der Waals surface area (Å²) < 4.78 is 5.03. The van der Waals surface area contributed by atoms with Crippen LogP contribution in [0.15, 0.2) is 24.0 Å². The number of aromatic nitrogens is 2. The lowest BCUT2D eigenvalue weighted by Crippen LogP contribution is -2.05. The maximum absolute atomic E-state index is 12.0. The van der Waals surface area contributed by atoms with Crippen molar-refractivity contribution in [2.75, 3.05) is 7.11 Å². The van der Waals surface area contributed by atoms with Gasteiger partial charge in [-0.1, -0.05) is 12.0 Å². The van der Waals surface area contributed by atoms with Gasteiger partial charge in [-0.2, -0.15) is 0 Å². The van der Waals surface area contributed by atoms with Crippen LogP contribution in [0.2, 0.25) is 0 Å². The molecule has 0 spiro atoms. The number of methoxy groups -OCH3 is 1. The van der Waals surface area contributed by atoms with Crippen LogP contribution in [-0.2, 0) is 0 Å². The highest BCUT2D eigenvalue weighted by Crippen LogP contribution is 2.23. The first-order valence-electron chi connectivity index (χ1n) is 5.90. The molecule has 2 rings (SSSR count). The van der Waals surface area contributed by atoms with Crippen LogP contribution in [0.1, 0.15) is 42.6 Å². The lowest BCUT2D eigenvalue weighted by molar-refractivity contribution is 0.103. The second kappa shape index (κ2) is 5.57. The van der Waals surface area contributed by atoms with E-state index in [1.165, 1.54) is 44.3 Å². The topological polar surface area (TPSA) is 52.1 Å². The van der Waals surface area contributed by atoms with Crippen molar-refractivity contribution >= 4 is 5.78 Å². The van der Waals surface area contributed by atoms with E-state index in [-0.39, 0.29) is 5.78 Å². The van der Waals surface area contributed by atoms with Crippen molar-refractivity contribution < 1.29 is 9.53 Å². The monoisotopic (exact) mass is 232 g/mol. The Morgan fingerprint density at radius 3 is 2.65 bits per heavy atom. The first kappa shape index (κ1) is 11.8. The Hall–Kier alpha value is -1.71. The molecule has 1 aromatic heterocycles. The predicted octanol–water partition coefficient (Wildman–Crippen LogP) is 2.56. The van der Waals surface area contributed by atoms with E-state index in [1.807, 2.05) is 0 Å². The van der Waals surface area contributed by atoms with Gasteiger partial charge in [0, 0.05) is 12.4 Å². The van der Waals surface area contributed by atoms with Crippen LogP contribution < -0.4 is 4.74 Å².